The molecule has 4 rings (SSSR count). The highest BCUT2D eigenvalue weighted by atomic mass is 16.6. The zero-order valence-electron chi connectivity index (χ0n) is 22.8. The maximum Gasteiger partial charge on any atom is 0.336 e. The number of nitrogens with one attached hydrogen (secondary N) is 1. The number of methoxy groups -OCH3 is 3. The summed E-state index contributed by atoms with van der Waals surface area (Å²) in [6.07, 6.45) is 1.04. The molecule has 0 saturated heterocycles. The van der Waals surface area contributed by atoms with Crippen LogP contribution in [0.4, 0.5) is 0 Å². The summed E-state index contributed by atoms with van der Waals surface area (Å²) in [4.78, 5) is 27.2. The molecule has 1 heterocycles. The number of esters is 1. The van der Waals surface area contributed by atoms with Crippen LogP contribution in [0, 0.1) is 5.41 Å². The van der Waals surface area contributed by atoms with Crippen LogP contribution in [-0.4, -0.2) is 46.3 Å². The van der Waals surface area contributed by atoms with Crippen molar-refractivity contribution in [2.24, 2.45) is 5.41 Å². The fourth-order valence-corrected chi connectivity index (χ4v) is 5.18. The Morgan fingerprint density at radius 1 is 0.947 bits per heavy atom. The van der Waals surface area contributed by atoms with Crippen LogP contribution in [0.15, 0.2) is 65.0 Å². The molecule has 8 nitrogen and oxygen atoms in total. The molecule has 0 fully saturated rings. The fraction of sp³-hybridized carbons (Fsp3) is 0.400. The average molecular weight is 522 g/mol. The first-order valence-corrected chi connectivity index (χ1v) is 12.6. The molecule has 2 aliphatic rings. The molecule has 2 aromatic rings. The van der Waals surface area contributed by atoms with Gasteiger partial charge in [0.25, 0.3) is 0 Å². The number of hydrogen-bond acceptors (Lipinski definition) is 8. The second-order valence-corrected chi connectivity index (χ2v) is 10.2. The quantitative estimate of drug-likeness (QED) is 0.367. The van der Waals surface area contributed by atoms with Crippen molar-refractivity contribution in [1.29, 1.82) is 0 Å². The van der Waals surface area contributed by atoms with E-state index >= 15 is 0 Å². The van der Waals surface area contributed by atoms with E-state index in [-0.39, 0.29) is 24.4 Å². The van der Waals surface area contributed by atoms with Crippen molar-refractivity contribution in [3.05, 3.63) is 70.6 Å². The van der Waals surface area contributed by atoms with E-state index in [0.717, 1.165) is 5.70 Å². The summed E-state index contributed by atoms with van der Waals surface area (Å²) in [6, 6.07) is 12.8. The number of para-hydroxylation sites is 1. The van der Waals surface area contributed by atoms with Gasteiger partial charge in [-0.2, -0.15) is 0 Å². The lowest BCUT2D eigenvalue weighted by molar-refractivity contribution is -0.140. The highest BCUT2D eigenvalue weighted by molar-refractivity contribution is 6.04. The minimum atomic E-state index is -0.702. The Labute approximate surface area is 223 Å². The van der Waals surface area contributed by atoms with Gasteiger partial charge in [-0.25, -0.2) is 4.79 Å². The van der Waals surface area contributed by atoms with Gasteiger partial charge in [0.1, 0.15) is 24.7 Å². The lowest BCUT2D eigenvalue weighted by Crippen LogP contribution is -2.39. The van der Waals surface area contributed by atoms with Crippen molar-refractivity contribution in [3.63, 3.8) is 0 Å². The van der Waals surface area contributed by atoms with Gasteiger partial charge in [-0.1, -0.05) is 32.0 Å². The summed E-state index contributed by atoms with van der Waals surface area (Å²) in [5.41, 5.74) is 2.76. The van der Waals surface area contributed by atoms with Crippen LogP contribution < -0.4 is 24.3 Å². The summed E-state index contributed by atoms with van der Waals surface area (Å²) in [5, 5.41) is 3.35. The molecule has 0 saturated carbocycles. The monoisotopic (exact) mass is 521 g/mol. The van der Waals surface area contributed by atoms with Gasteiger partial charge in [0.15, 0.2) is 17.3 Å². The van der Waals surface area contributed by atoms with Crippen molar-refractivity contribution >= 4 is 11.8 Å². The number of ketones is 1. The Morgan fingerprint density at radius 2 is 1.61 bits per heavy atom. The number of Topliss-reactive ketones (excluding diaryl/α,β-unsaturated/α-hetero) is 1. The van der Waals surface area contributed by atoms with Gasteiger partial charge < -0.3 is 29.0 Å². The lowest BCUT2D eigenvalue weighted by atomic mass is 9.68. The SMILES string of the molecule is COc1cc(OC)c([C@H]2C(C(=O)OCCOc3ccccc3)=C(C)NC3=C2C(=O)CC(C)(C)C3)cc1OC. The highest BCUT2D eigenvalue weighted by Crippen LogP contribution is 2.50. The van der Waals surface area contributed by atoms with E-state index in [0.29, 0.717) is 58.2 Å². The molecule has 1 atom stereocenters. The van der Waals surface area contributed by atoms with Crippen LogP contribution in [-0.2, 0) is 14.3 Å². The first-order chi connectivity index (χ1) is 18.2. The maximum atomic E-state index is 13.6. The molecule has 2 aromatic carbocycles. The van der Waals surface area contributed by atoms with Crippen molar-refractivity contribution in [3.8, 4) is 23.0 Å². The molecule has 1 aliphatic heterocycles. The maximum absolute atomic E-state index is 13.6. The summed E-state index contributed by atoms with van der Waals surface area (Å²) in [5.74, 6) is 0.867. The summed E-state index contributed by atoms with van der Waals surface area (Å²) in [6.45, 7) is 6.21. The topological polar surface area (TPSA) is 92.3 Å². The molecular formula is C30H35NO7. The van der Waals surface area contributed by atoms with Crippen LogP contribution >= 0.6 is 0 Å². The van der Waals surface area contributed by atoms with Crippen LogP contribution in [0.3, 0.4) is 0 Å². The standard InChI is InChI=1S/C30H35NO7/c1-18-26(29(33)38-13-12-37-19-10-8-7-9-11-19)27(28-21(31-18)16-30(2,3)17-22(28)32)20-14-24(35-5)25(36-6)15-23(20)34-4/h7-11,14-15,27,31H,12-13,16-17H2,1-6H3/t27-/m0/s1. The van der Waals surface area contributed by atoms with Gasteiger partial charge in [0.2, 0.25) is 0 Å². The van der Waals surface area contributed by atoms with Gasteiger partial charge in [-0.05, 0) is 37.0 Å². The van der Waals surface area contributed by atoms with E-state index in [1.54, 1.807) is 33.5 Å². The Balaban J connectivity index is 1.72. The molecule has 0 radical (unpaired) electrons. The molecular weight excluding hydrogens is 486 g/mol. The number of dihydropyridines is 1. The third-order valence-corrected chi connectivity index (χ3v) is 6.83. The molecule has 0 bridgehead atoms. The molecule has 8 heteroatoms. The minimum Gasteiger partial charge on any atom is -0.496 e. The third-order valence-electron chi connectivity index (χ3n) is 6.83. The van der Waals surface area contributed by atoms with E-state index in [9.17, 15) is 9.59 Å². The predicted octanol–water partition coefficient (Wildman–Crippen LogP) is 4.94. The molecule has 1 N–H and O–H groups in total. The van der Waals surface area contributed by atoms with Crippen LogP contribution in [0.5, 0.6) is 23.0 Å². The summed E-state index contributed by atoms with van der Waals surface area (Å²) in [7, 11) is 4.63. The van der Waals surface area contributed by atoms with Gasteiger partial charge in [0, 0.05) is 35.0 Å². The van der Waals surface area contributed by atoms with Crippen LogP contribution in [0.2, 0.25) is 0 Å². The Hall–Kier alpha value is -3.94. The largest absolute Gasteiger partial charge is 0.496 e. The summed E-state index contributed by atoms with van der Waals surface area (Å²) < 4.78 is 28.1. The van der Waals surface area contributed by atoms with E-state index in [4.69, 9.17) is 23.7 Å². The van der Waals surface area contributed by atoms with Gasteiger partial charge in [-0.15, -0.1) is 0 Å². The molecule has 0 aromatic heterocycles. The first kappa shape index (κ1) is 27.1. The van der Waals surface area contributed by atoms with E-state index in [1.807, 2.05) is 37.3 Å². The van der Waals surface area contributed by atoms with Crippen LogP contribution in [0.25, 0.3) is 0 Å². The zero-order valence-corrected chi connectivity index (χ0v) is 22.8. The van der Waals surface area contributed by atoms with Crippen LogP contribution in [0.1, 0.15) is 45.1 Å². The van der Waals surface area contributed by atoms with E-state index in [2.05, 4.69) is 19.2 Å². The Morgan fingerprint density at radius 3 is 2.26 bits per heavy atom. The normalized spacial score (nSPS) is 18.4. The lowest BCUT2D eigenvalue weighted by Gasteiger charge is -2.39. The van der Waals surface area contributed by atoms with E-state index in [1.165, 1.54) is 0 Å². The second-order valence-electron chi connectivity index (χ2n) is 10.2. The Bertz CT molecular complexity index is 1280. The van der Waals surface area contributed by atoms with Gasteiger partial charge in [0.05, 0.1) is 32.8 Å². The first-order valence-electron chi connectivity index (χ1n) is 12.6. The fourth-order valence-electron chi connectivity index (χ4n) is 5.18. The van der Waals surface area contributed by atoms with Crippen molar-refractivity contribution in [2.45, 2.75) is 39.5 Å². The number of benzene rings is 2. The van der Waals surface area contributed by atoms with E-state index < -0.39 is 11.9 Å². The van der Waals surface area contributed by atoms with Gasteiger partial charge >= 0.3 is 5.97 Å². The molecule has 38 heavy (non-hydrogen) atoms. The van der Waals surface area contributed by atoms with Crippen molar-refractivity contribution < 1.29 is 33.3 Å². The second kappa shape index (κ2) is 11.2. The molecule has 0 spiro atoms. The number of allylic oxidation sites excluding steroid dienone is 3. The van der Waals surface area contributed by atoms with Crippen molar-refractivity contribution in [1.82, 2.24) is 5.32 Å². The molecule has 0 amide bonds. The predicted molar refractivity (Wildman–Crippen MR) is 143 cm³/mol. The molecule has 0 unspecified atom stereocenters. The number of carbonyl (C=O) groups is 2. The molecule has 1 aliphatic carbocycles. The van der Waals surface area contributed by atoms with Crippen molar-refractivity contribution in [2.75, 3.05) is 34.5 Å². The number of carbonyl (C=O) groups excluding carboxylic acids is 2. The number of ether oxygens (including phenoxy) is 5. The number of rotatable bonds is 9. The smallest absolute Gasteiger partial charge is 0.336 e. The summed E-state index contributed by atoms with van der Waals surface area (Å²) >= 11 is 0. The zero-order chi connectivity index (χ0) is 27.4. The third kappa shape index (κ3) is 5.49. The average Bonchev–Trinajstić information content (AvgIpc) is 2.89. The van der Waals surface area contributed by atoms with Gasteiger partial charge in [-0.3, -0.25) is 4.79 Å². The highest BCUT2D eigenvalue weighted by Gasteiger charge is 2.44. The Kier molecular flexibility index (Phi) is 7.99. The number of hydrogen-bond donors (Lipinski definition) is 1. The minimum absolute atomic E-state index is 0.0178. The molecule has 202 valence electrons.